The average molecular weight is 238 g/mol. The van der Waals surface area contributed by atoms with Crippen molar-refractivity contribution in [1.82, 2.24) is 9.97 Å². The molecule has 1 aliphatic rings. The third kappa shape index (κ3) is 2.18. The lowest BCUT2D eigenvalue weighted by molar-refractivity contribution is 0.0769. The van der Waals surface area contributed by atoms with Gasteiger partial charge in [-0.3, -0.25) is 0 Å². The molecule has 0 radical (unpaired) electrons. The van der Waals surface area contributed by atoms with Crippen molar-refractivity contribution in [3.63, 3.8) is 0 Å². The minimum Gasteiger partial charge on any atom is -0.373 e. The molecule has 88 valence electrons. The number of hydrogen-bond donors (Lipinski definition) is 1. The van der Waals surface area contributed by atoms with E-state index >= 15 is 0 Å². The van der Waals surface area contributed by atoms with Crippen LogP contribution >= 0.6 is 12.2 Å². The summed E-state index contributed by atoms with van der Waals surface area (Å²) in [6.07, 6.45) is 3.48. The molecule has 0 aliphatic heterocycles. The lowest BCUT2D eigenvalue weighted by atomic mass is 10.1. The molecule has 1 atom stereocenters. The predicted molar refractivity (Wildman–Crippen MR) is 66.0 cm³/mol. The maximum atomic E-state index is 5.50. The van der Waals surface area contributed by atoms with Crippen molar-refractivity contribution in [2.75, 3.05) is 7.11 Å². The number of nitrogens with zero attached hydrogens (tertiary/aromatic N) is 1. The lowest BCUT2D eigenvalue weighted by Gasteiger charge is -2.15. The molecule has 16 heavy (non-hydrogen) atoms. The highest BCUT2D eigenvalue weighted by atomic mass is 32.1. The number of hydrogen-bond acceptors (Lipinski definition) is 3. The van der Waals surface area contributed by atoms with Crippen molar-refractivity contribution < 1.29 is 4.74 Å². The summed E-state index contributed by atoms with van der Waals surface area (Å²) >= 11 is 5.31. The molecule has 3 nitrogen and oxygen atoms in total. The topological polar surface area (TPSA) is 37.9 Å². The van der Waals surface area contributed by atoms with Crippen LogP contribution in [-0.4, -0.2) is 17.1 Å². The normalized spacial score (nSPS) is 17.4. The summed E-state index contributed by atoms with van der Waals surface area (Å²) in [5, 5.41) is 0. The Kier molecular flexibility index (Phi) is 3.40. The molecule has 2 rings (SSSR count). The average Bonchev–Trinajstić information content (AvgIpc) is 3.03. The highest BCUT2D eigenvalue weighted by Gasteiger charge is 2.34. The maximum Gasteiger partial charge on any atom is 0.137 e. The number of nitrogens with one attached hydrogen (secondary N) is 1. The summed E-state index contributed by atoms with van der Waals surface area (Å²) in [5.74, 6) is 1.51. The van der Waals surface area contributed by atoms with Crippen LogP contribution in [0.15, 0.2) is 0 Å². The summed E-state index contributed by atoms with van der Waals surface area (Å²) < 4.78 is 6.22. The Hall–Kier alpha value is -0.740. The zero-order valence-corrected chi connectivity index (χ0v) is 10.9. The SMILES string of the molecule is CCc1c(C)[nH]c(C(OC)C2CC2)nc1=S. The monoisotopic (exact) mass is 238 g/mol. The molecule has 1 N–H and O–H groups in total. The maximum absolute atomic E-state index is 5.50. The van der Waals surface area contributed by atoms with Gasteiger partial charge in [0.2, 0.25) is 0 Å². The Balaban J connectivity index is 2.38. The highest BCUT2D eigenvalue weighted by molar-refractivity contribution is 7.71. The van der Waals surface area contributed by atoms with Crippen LogP contribution in [0.25, 0.3) is 0 Å². The summed E-state index contributed by atoms with van der Waals surface area (Å²) in [5.41, 5.74) is 2.27. The van der Waals surface area contributed by atoms with E-state index in [1.54, 1.807) is 7.11 Å². The zero-order chi connectivity index (χ0) is 11.7. The first-order chi connectivity index (χ1) is 7.67. The molecule has 0 amide bonds. The van der Waals surface area contributed by atoms with E-state index in [9.17, 15) is 0 Å². The van der Waals surface area contributed by atoms with Crippen molar-refractivity contribution in [3.8, 4) is 0 Å². The molecule has 1 fully saturated rings. The second kappa shape index (κ2) is 4.63. The largest absolute Gasteiger partial charge is 0.373 e. The van der Waals surface area contributed by atoms with Gasteiger partial charge < -0.3 is 9.72 Å². The molecule has 1 aliphatic carbocycles. The zero-order valence-electron chi connectivity index (χ0n) is 10.0. The summed E-state index contributed by atoms with van der Waals surface area (Å²) in [7, 11) is 1.74. The molecule has 1 aromatic heterocycles. The number of rotatable bonds is 4. The van der Waals surface area contributed by atoms with Crippen LogP contribution in [0.3, 0.4) is 0 Å². The Morgan fingerprint density at radius 2 is 2.25 bits per heavy atom. The Labute approximate surface area is 101 Å². The summed E-state index contributed by atoms with van der Waals surface area (Å²) in [6, 6.07) is 0. The molecule has 1 heterocycles. The van der Waals surface area contributed by atoms with Crippen molar-refractivity contribution in [2.45, 2.75) is 39.2 Å². The van der Waals surface area contributed by atoms with Crippen molar-refractivity contribution in [3.05, 3.63) is 21.7 Å². The molecule has 1 aromatic rings. The van der Waals surface area contributed by atoms with Crippen molar-refractivity contribution >= 4 is 12.2 Å². The number of aryl methyl sites for hydroxylation is 1. The Morgan fingerprint density at radius 1 is 1.56 bits per heavy atom. The van der Waals surface area contributed by atoms with E-state index in [0.29, 0.717) is 5.92 Å². The van der Waals surface area contributed by atoms with Crippen LogP contribution in [-0.2, 0) is 11.2 Å². The summed E-state index contributed by atoms with van der Waals surface area (Å²) in [6.45, 7) is 4.15. The minimum absolute atomic E-state index is 0.0892. The molecule has 1 saturated carbocycles. The van der Waals surface area contributed by atoms with Gasteiger partial charge in [0.1, 0.15) is 16.6 Å². The first-order valence-electron chi connectivity index (χ1n) is 5.79. The first-order valence-corrected chi connectivity index (χ1v) is 6.20. The van der Waals surface area contributed by atoms with E-state index in [1.807, 2.05) is 0 Å². The van der Waals surface area contributed by atoms with Crippen LogP contribution in [0, 0.1) is 17.5 Å². The minimum atomic E-state index is 0.0892. The fourth-order valence-electron chi connectivity index (χ4n) is 2.11. The third-order valence-electron chi connectivity index (χ3n) is 3.18. The number of aromatic nitrogens is 2. The highest BCUT2D eigenvalue weighted by Crippen LogP contribution is 2.41. The van der Waals surface area contributed by atoms with E-state index in [-0.39, 0.29) is 6.10 Å². The van der Waals surface area contributed by atoms with Gasteiger partial charge in [-0.25, -0.2) is 4.98 Å². The second-order valence-electron chi connectivity index (χ2n) is 4.38. The van der Waals surface area contributed by atoms with Gasteiger partial charge in [-0.05, 0) is 32.1 Å². The molecule has 0 aromatic carbocycles. The standard InChI is InChI=1S/C12H18N2OS/c1-4-9-7(2)13-11(14-12(9)16)10(15-3)8-5-6-8/h8,10H,4-6H2,1-3H3,(H,13,14,16). The van der Waals surface area contributed by atoms with Crippen LogP contribution in [0.5, 0.6) is 0 Å². The fourth-order valence-corrected chi connectivity index (χ4v) is 2.51. The molecule has 0 saturated heterocycles. The van der Waals surface area contributed by atoms with E-state index in [2.05, 4.69) is 23.8 Å². The van der Waals surface area contributed by atoms with E-state index in [4.69, 9.17) is 17.0 Å². The number of H-pyrrole nitrogens is 1. The van der Waals surface area contributed by atoms with E-state index in [0.717, 1.165) is 28.1 Å². The van der Waals surface area contributed by atoms with E-state index in [1.165, 1.54) is 12.8 Å². The molecule has 0 bridgehead atoms. The van der Waals surface area contributed by atoms with Gasteiger partial charge in [-0.2, -0.15) is 0 Å². The molecular formula is C12H18N2OS. The molecular weight excluding hydrogens is 220 g/mol. The van der Waals surface area contributed by atoms with E-state index < -0.39 is 0 Å². The molecule has 0 spiro atoms. The molecule has 1 unspecified atom stereocenters. The van der Waals surface area contributed by atoms with Gasteiger partial charge in [-0.15, -0.1) is 0 Å². The Morgan fingerprint density at radius 3 is 2.69 bits per heavy atom. The number of aromatic amines is 1. The van der Waals surface area contributed by atoms with Gasteiger partial charge in [0.05, 0.1) is 0 Å². The third-order valence-corrected chi connectivity index (χ3v) is 3.51. The lowest BCUT2D eigenvalue weighted by Crippen LogP contribution is -2.11. The van der Waals surface area contributed by atoms with Gasteiger partial charge >= 0.3 is 0 Å². The van der Waals surface area contributed by atoms with Gasteiger partial charge in [-0.1, -0.05) is 19.1 Å². The first kappa shape index (κ1) is 11.7. The van der Waals surface area contributed by atoms with Crippen LogP contribution in [0.2, 0.25) is 0 Å². The second-order valence-corrected chi connectivity index (χ2v) is 4.76. The van der Waals surface area contributed by atoms with Crippen LogP contribution in [0.4, 0.5) is 0 Å². The van der Waals surface area contributed by atoms with Crippen molar-refractivity contribution in [1.29, 1.82) is 0 Å². The number of methoxy groups -OCH3 is 1. The predicted octanol–water partition coefficient (Wildman–Crippen LogP) is 3.11. The fraction of sp³-hybridized carbons (Fsp3) is 0.667. The van der Waals surface area contributed by atoms with Crippen molar-refractivity contribution in [2.24, 2.45) is 5.92 Å². The van der Waals surface area contributed by atoms with Crippen LogP contribution in [0.1, 0.15) is 43.0 Å². The Bertz CT molecular complexity index is 437. The van der Waals surface area contributed by atoms with Crippen LogP contribution < -0.4 is 0 Å². The number of ether oxygens (including phenoxy) is 1. The van der Waals surface area contributed by atoms with Gasteiger partial charge in [0, 0.05) is 18.4 Å². The smallest absolute Gasteiger partial charge is 0.137 e. The molecule has 4 heteroatoms. The van der Waals surface area contributed by atoms with Gasteiger partial charge in [0.25, 0.3) is 0 Å². The summed E-state index contributed by atoms with van der Waals surface area (Å²) in [4.78, 5) is 7.81. The van der Waals surface area contributed by atoms with Gasteiger partial charge in [0.15, 0.2) is 0 Å². The quantitative estimate of drug-likeness (QED) is 0.819.